The molecule has 2 nitrogen and oxygen atoms in total. The molecule has 1 aliphatic rings. The smallest absolute Gasteiger partial charge is 0.329 e. The van der Waals surface area contributed by atoms with Crippen molar-refractivity contribution in [2.75, 3.05) is 13.1 Å². The van der Waals surface area contributed by atoms with E-state index < -0.39 is 5.51 Å². The van der Waals surface area contributed by atoms with Gasteiger partial charge in [0.2, 0.25) is 0 Å². The van der Waals surface area contributed by atoms with E-state index in [0.717, 1.165) is 24.9 Å². The van der Waals surface area contributed by atoms with Crippen molar-refractivity contribution >= 4 is 11.8 Å². The van der Waals surface area contributed by atoms with Crippen LogP contribution in [0.15, 0.2) is 29.2 Å². The number of rotatable bonds is 4. The van der Waals surface area contributed by atoms with E-state index in [1.165, 1.54) is 12.1 Å². The average Bonchev–Trinajstić information content (AvgIpc) is 2.77. The molecule has 0 radical (unpaired) electrons. The second kappa shape index (κ2) is 6.37. The Morgan fingerprint density at radius 1 is 1.35 bits per heavy atom. The molecule has 1 fully saturated rings. The molecule has 0 aliphatic carbocycles. The maximum Gasteiger partial charge on any atom is 0.446 e. The SMILES string of the molecule is CC1CCCN1C(CN)c1ccc(SC(F)(F)F)cc1. The summed E-state index contributed by atoms with van der Waals surface area (Å²) in [7, 11) is 0. The molecule has 20 heavy (non-hydrogen) atoms. The highest BCUT2D eigenvalue weighted by atomic mass is 32.2. The number of benzene rings is 1. The van der Waals surface area contributed by atoms with Gasteiger partial charge in [0, 0.05) is 23.5 Å². The van der Waals surface area contributed by atoms with E-state index in [2.05, 4.69) is 11.8 Å². The van der Waals surface area contributed by atoms with E-state index in [4.69, 9.17) is 5.73 Å². The van der Waals surface area contributed by atoms with E-state index in [1.807, 2.05) is 0 Å². The highest BCUT2D eigenvalue weighted by Gasteiger charge is 2.30. The zero-order valence-corrected chi connectivity index (χ0v) is 12.2. The topological polar surface area (TPSA) is 29.3 Å². The number of hydrogen-bond donors (Lipinski definition) is 1. The first-order valence-electron chi connectivity index (χ1n) is 6.72. The molecule has 1 saturated heterocycles. The number of nitrogens with zero attached hydrogens (tertiary/aromatic N) is 1. The van der Waals surface area contributed by atoms with E-state index in [0.29, 0.717) is 12.6 Å². The molecule has 1 aromatic rings. The summed E-state index contributed by atoms with van der Waals surface area (Å²) in [5, 5.41) is 0. The Morgan fingerprint density at radius 3 is 2.45 bits per heavy atom. The van der Waals surface area contributed by atoms with Crippen molar-refractivity contribution in [1.82, 2.24) is 4.90 Å². The largest absolute Gasteiger partial charge is 0.446 e. The van der Waals surface area contributed by atoms with Gasteiger partial charge in [-0.3, -0.25) is 4.90 Å². The highest BCUT2D eigenvalue weighted by Crippen LogP contribution is 2.37. The maximum atomic E-state index is 12.3. The zero-order valence-electron chi connectivity index (χ0n) is 11.4. The fourth-order valence-electron chi connectivity index (χ4n) is 2.77. The van der Waals surface area contributed by atoms with Gasteiger partial charge in [0.15, 0.2) is 0 Å². The Balaban J connectivity index is 2.11. The van der Waals surface area contributed by atoms with Crippen LogP contribution < -0.4 is 5.73 Å². The number of hydrogen-bond acceptors (Lipinski definition) is 3. The van der Waals surface area contributed by atoms with Crippen LogP contribution in [0.3, 0.4) is 0 Å². The second-order valence-corrected chi connectivity index (χ2v) is 6.24. The molecule has 0 spiro atoms. The van der Waals surface area contributed by atoms with Gasteiger partial charge in [0.05, 0.1) is 0 Å². The molecule has 2 unspecified atom stereocenters. The van der Waals surface area contributed by atoms with Crippen LogP contribution in [0.25, 0.3) is 0 Å². The Bertz CT molecular complexity index is 433. The predicted molar refractivity (Wildman–Crippen MR) is 75.6 cm³/mol. The van der Waals surface area contributed by atoms with E-state index in [1.54, 1.807) is 12.1 Å². The number of likely N-dealkylation sites (tertiary alicyclic amines) is 1. The van der Waals surface area contributed by atoms with Gasteiger partial charge in [-0.2, -0.15) is 13.2 Å². The molecule has 6 heteroatoms. The standard InChI is InChI=1S/C14H19F3N2S/c1-10-3-2-8-19(10)13(9-18)11-4-6-12(7-5-11)20-14(15,16)17/h4-7,10,13H,2-3,8-9,18H2,1H3. The first-order valence-corrected chi connectivity index (χ1v) is 7.54. The number of nitrogens with two attached hydrogens (primary N) is 1. The Labute approximate surface area is 121 Å². The lowest BCUT2D eigenvalue weighted by Gasteiger charge is -2.31. The van der Waals surface area contributed by atoms with Gasteiger partial charge in [-0.1, -0.05) is 12.1 Å². The molecular formula is C14H19F3N2S. The van der Waals surface area contributed by atoms with E-state index >= 15 is 0 Å². The predicted octanol–water partition coefficient (Wildman–Crippen LogP) is 3.78. The van der Waals surface area contributed by atoms with Crippen molar-refractivity contribution in [3.05, 3.63) is 29.8 Å². The third-order valence-electron chi connectivity index (χ3n) is 3.73. The maximum absolute atomic E-state index is 12.3. The molecule has 1 aromatic carbocycles. The summed E-state index contributed by atoms with van der Waals surface area (Å²) in [6, 6.07) is 7.14. The molecule has 0 aromatic heterocycles. The minimum absolute atomic E-state index is 0.0833. The van der Waals surface area contributed by atoms with Gasteiger partial charge >= 0.3 is 5.51 Å². The van der Waals surface area contributed by atoms with Crippen molar-refractivity contribution < 1.29 is 13.2 Å². The Hall–Kier alpha value is -0.720. The summed E-state index contributed by atoms with van der Waals surface area (Å²) in [4.78, 5) is 2.55. The molecule has 1 aliphatic heterocycles. The lowest BCUT2D eigenvalue weighted by Crippen LogP contribution is -2.35. The monoisotopic (exact) mass is 304 g/mol. The molecular weight excluding hydrogens is 285 g/mol. The number of halogens is 3. The van der Waals surface area contributed by atoms with Gasteiger partial charge < -0.3 is 5.73 Å². The van der Waals surface area contributed by atoms with Crippen LogP contribution in [0.4, 0.5) is 13.2 Å². The minimum Gasteiger partial charge on any atom is -0.329 e. The average molecular weight is 304 g/mol. The van der Waals surface area contributed by atoms with Crippen molar-refractivity contribution in [2.24, 2.45) is 5.73 Å². The molecule has 0 amide bonds. The van der Waals surface area contributed by atoms with Crippen LogP contribution in [0.2, 0.25) is 0 Å². The number of thioether (sulfide) groups is 1. The summed E-state index contributed by atoms with van der Waals surface area (Å²) in [5.41, 5.74) is 2.62. The van der Waals surface area contributed by atoms with Gasteiger partial charge in [-0.15, -0.1) is 0 Å². The molecule has 1 heterocycles. The van der Waals surface area contributed by atoms with Crippen molar-refractivity contribution in [2.45, 2.75) is 42.3 Å². The van der Waals surface area contributed by atoms with Crippen LogP contribution in [-0.2, 0) is 0 Å². The van der Waals surface area contributed by atoms with Crippen LogP contribution in [0.1, 0.15) is 31.4 Å². The summed E-state index contributed by atoms with van der Waals surface area (Å²) >= 11 is -0.0833. The van der Waals surface area contributed by atoms with E-state index in [-0.39, 0.29) is 22.7 Å². The van der Waals surface area contributed by atoms with Crippen LogP contribution >= 0.6 is 11.8 Å². The third kappa shape index (κ3) is 3.90. The fraction of sp³-hybridized carbons (Fsp3) is 0.571. The van der Waals surface area contributed by atoms with E-state index in [9.17, 15) is 13.2 Å². The minimum atomic E-state index is -4.24. The van der Waals surface area contributed by atoms with Gasteiger partial charge in [0.1, 0.15) is 0 Å². The van der Waals surface area contributed by atoms with Crippen LogP contribution in [-0.4, -0.2) is 29.5 Å². The first kappa shape index (κ1) is 15.7. The zero-order chi connectivity index (χ0) is 14.8. The molecule has 2 rings (SSSR count). The lowest BCUT2D eigenvalue weighted by molar-refractivity contribution is -0.0328. The van der Waals surface area contributed by atoms with Crippen molar-refractivity contribution in [3.8, 4) is 0 Å². The first-order chi connectivity index (χ1) is 9.40. The van der Waals surface area contributed by atoms with Crippen LogP contribution in [0.5, 0.6) is 0 Å². The molecule has 2 atom stereocenters. The summed E-state index contributed by atoms with van der Waals surface area (Å²) in [6.45, 7) is 3.65. The second-order valence-electron chi connectivity index (χ2n) is 5.10. The van der Waals surface area contributed by atoms with Crippen LogP contribution in [0, 0.1) is 0 Å². The van der Waals surface area contributed by atoms with Crippen molar-refractivity contribution in [3.63, 3.8) is 0 Å². The quantitative estimate of drug-likeness (QED) is 0.858. The normalized spacial score (nSPS) is 22.1. The Morgan fingerprint density at radius 2 is 2.00 bits per heavy atom. The molecule has 2 N–H and O–H groups in total. The summed E-state index contributed by atoms with van der Waals surface area (Å²) in [6.07, 6.45) is 2.30. The van der Waals surface area contributed by atoms with Gasteiger partial charge in [-0.25, -0.2) is 0 Å². The van der Waals surface area contributed by atoms with Crippen molar-refractivity contribution in [1.29, 1.82) is 0 Å². The molecule has 112 valence electrons. The third-order valence-corrected chi connectivity index (χ3v) is 4.47. The molecule has 0 saturated carbocycles. The van der Waals surface area contributed by atoms with Gasteiger partial charge in [-0.05, 0) is 55.8 Å². The summed E-state index contributed by atoms with van der Waals surface area (Å²) < 4.78 is 36.9. The highest BCUT2D eigenvalue weighted by molar-refractivity contribution is 8.00. The van der Waals surface area contributed by atoms with Gasteiger partial charge in [0.25, 0.3) is 0 Å². The summed E-state index contributed by atoms with van der Waals surface area (Å²) in [5.74, 6) is 0. The lowest BCUT2D eigenvalue weighted by atomic mass is 10.0. The fourth-order valence-corrected chi connectivity index (χ4v) is 3.31. The molecule has 0 bridgehead atoms. The number of alkyl halides is 3. The Kier molecular flexibility index (Phi) is 4.99.